The highest BCUT2D eigenvalue weighted by Gasteiger charge is 2.25. The van der Waals surface area contributed by atoms with E-state index in [0.29, 0.717) is 10.8 Å². The molecular formula is C24H21N3O3S. The van der Waals surface area contributed by atoms with E-state index in [-0.39, 0.29) is 17.5 Å². The molecule has 0 saturated heterocycles. The molecule has 0 bridgehead atoms. The van der Waals surface area contributed by atoms with Gasteiger partial charge >= 0.3 is 5.97 Å². The van der Waals surface area contributed by atoms with Gasteiger partial charge in [-0.1, -0.05) is 35.9 Å². The fraction of sp³-hybridized carbons (Fsp3) is 0.167. The van der Waals surface area contributed by atoms with Crippen molar-refractivity contribution in [2.45, 2.75) is 27.7 Å². The van der Waals surface area contributed by atoms with Gasteiger partial charge in [0.15, 0.2) is 10.8 Å². The van der Waals surface area contributed by atoms with Crippen molar-refractivity contribution in [1.82, 2.24) is 4.98 Å². The number of anilines is 2. The third-order valence-corrected chi connectivity index (χ3v) is 5.69. The quantitative estimate of drug-likeness (QED) is 0.426. The molecule has 1 aliphatic heterocycles. The monoisotopic (exact) mass is 431 g/mol. The molecule has 1 aromatic heterocycles. The van der Waals surface area contributed by atoms with Crippen molar-refractivity contribution in [2.24, 2.45) is 4.99 Å². The number of rotatable bonds is 4. The summed E-state index contributed by atoms with van der Waals surface area (Å²) in [6.07, 6.45) is 1.58. The average molecular weight is 432 g/mol. The first-order valence-electron chi connectivity index (χ1n) is 9.75. The normalized spacial score (nSPS) is 14.5. The van der Waals surface area contributed by atoms with Gasteiger partial charge in [0.2, 0.25) is 11.8 Å². The lowest BCUT2D eigenvalue weighted by Crippen LogP contribution is -2.24. The number of amides is 1. The van der Waals surface area contributed by atoms with Crippen molar-refractivity contribution in [2.75, 3.05) is 4.90 Å². The fourth-order valence-electron chi connectivity index (χ4n) is 3.44. The van der Waals surface area contributed by atoms with E-state index in [0.717, 1.165) is 27.9 Å². The predicted molar refractivity (Wildman–Crippen MR) is 123 cm³/mol. The minimum Gasteiger partial charge on any atom is -0.402 e. The van der Waals surface area contributed by atoms with Crippen LogP contribution < -0.4 is 4.90 Å². The van der Waals surface area contributed by atoms with E-state index in [1.165, 1.54) is 18.3 Å². The Balaban J connectivity index is 1.67. The SMILES string of the molecule is CC(=O)N(c1nc(/C=C2/N=C(c3cccc(C)c3)OC2=O)cs1)c1c(C)cccc1C. The Kier molecular flexibility index (Phi) is 5.52. The van der Waals surface area contributed by atoms with Crippen LogP contribution in [0.4, 0.5) is 10.8 Å². The molecule has 0 radical (unpaired) electrons. The molecule has 1 amide bonds. The summed E-state index contributed by atoms with van der Waals surface area (Å²) >= 11 is 1.33. The van der Waals surface area contributed by atoms with E-state index in [1.807, 2.05) is 63.2 Å². The van der Waals surface area contributed by atoms with Crippen molar-refractivity contribution in [3.8, 4) is 0 Å². The maximum atomic E-state index is 12.5. The number of carbonyl (C=O) groups excluding carboxylic acids is 2. The zero-order valence-corrected chi connectivity index (χ0v) is 18.5. The van der Waals surface area contributed by atoms with Gasteiger partial charge in [-0.15, -0.1) is 11.3 Å². The van der Waals surface area contributed by atoms with Gasteiger partial charge in [-0.2, -0.15) is 0 Å². The van der Waals surface area contributed by atoms with Gasteiger partial charge in [0.05, 0.1) is 11.4 Å². The summed E-state index contributed by atoms with van der Waals surface area (Å²) in [7, 11) is 0. The molecule has 0 unspecified atom stereocenters. The van der Waals surface area contributed by atoms with E-state index >= 15 is 0 Å². The topological polar surface area (TPSA) is 71.9 Å². The van der Waals surface area contributed by atoms with E-state index in [2.05, 4.69) is 9.98 Å². The summed E-state index contributed by atoms with van der Waals surface area (Å²) in [6, 6.07) is 13.5. The maximum absolute atomic E-state index is 12.5. The zero-order chi connectivity index (χ0) is 22.1. The molecule has 6 nitrogen and oxygen atoms in total. The lowest BCUT2D eigenvalue weighted by molar-refractivity contribution is -0.130. The van der Waals surface area contributed by atoms with Crippen LogP contribution in [0, 0.1) is 20.8 Å². The Morgan fingerprint density at radius 1 is 1.10 bits per heavy atom. The molecule has 0 aliphatic carbocycles. The van der Waals surface area contributed by atoms with Crippen LogP contribution in [0.25, 0.3) is 6.08 Å². The highest BCUT2D eigenvalue weighted by molar-refractivity contribution is 7.14. The smallest absolute Gasteiger partial charge is 0.363 e. The molecule has 31 heavy (non-hydrogen) atoms. The summed E-state index contributed by atoms with van der Waals surface area (Å²) in [5.41, 5.74) is 5.30. The average Bonchev–Trinajstić information content (AvgIpc) is 3.32. The fourth-order valence-corrected chi connectivity index (χ4v) is 4.27. The van der Waals surface area contributed by atoms with Gasteiger partial charge in [0.25, 0.3) is 0 Å². The number of aromatic nitrogens is 1. The number of nitrogens with zero attached hydrogens (tertiary/aromatic N) is 3. The molecule has 0 fully saturated rings. The highest BCUT2D eigenvalue weighted by Crippen LogP contribution is 2.34. The number of benzene rings is 2. The molecule has 0 spiro atoms. The van der Waals surface area contributed by atoms with Crippen molar-refractivity contribution in [3.05, 3.63) is 81.5 Å². The maximum Gasteiger partial charge on any atom is 0.363 e. The summed E-state index contributed by atoms with van der Waals surface area (Å²) in [5.74, 6) is -0.383. The molecule has 0 saturated carbocycles. The Hall–Kier alpha value is -3.58. The Morgan fingerprint density at radius 2 is 1.81 bits per heavy atom. The second-order valence-electron chi connectivity index (χ2n) is 7.36. The van der Waals surface area contributed by atoms with Crippen LogP contribution in [0.1, 0.15) is 34.9 Å². The van der Waals surface area contributed by atoms with Crippen LogP contribution in [0.15, 0.2) is 58.5 Å². The summed E-state index contributed by atoms with van der Waals surface area (Å²) in [4.78, 5) is 35.3. The van der Waals surface area contributed by atoms with Gasteiger partial charge in [-0.05, 0) is 50.1 Å². The molecule has 7 heteroatoms. The minimum absolute atomic E-state index is 0.133. The minimum atomic E-state index is -0.524. The Labute approximate surface area is 184 Å². The van der Waals surface area contributed by atoms with Crippen LogP contribution in [0.2, 0.25) is 0 Å². The van der Waals surface area contributed by atoms with Gasteiger partial charge in [0, 0.05) is 17.9 Å². The molecule has 1 aliphatic rings. The van der Waals surface area contributed by atoms with Gasteiger partial charge < -0.3 is 4.74 Å². The third-order valence-electron chi connectivity index (χ3n) is 4.85. The first kappa shape index (κ1) is 20.7. The van der Waals surface area contributed by atoms with Crippen molar-refractivity contribution >= 4 is 46.0 Å². The standard InChI is InChI=1S/C24H21N3O3S/c1-14-7-5-10-18(11-14)22-26-20(23(29)30-22)12-19-13-31-24(25-19)27(17(4)28)21-15(2)8-6-9-16(21)3/h5-13H,1-4H3/b20-12+. The van der Waals surface area contributed by atoms with Crippen molar-refractivity contribution < 1.29 is 14.3 Å². The van der Waals surface area contributed by atoms with E-state index in [1.54, 1.807) is 16.4 Å². The van der Waals surface area contributed by atoms with Crippen LogP contribution in [0.5, 0.6) is 0 Å². The van der Waals surface area contributed by atoms with E-state index in [9.17, 15) is 9.59 Å². The van der Waals surface area contributed by atoms with Crippen LogP contribution >= 0.6 is 11.3 Å². The second-order valence-corrected chi connectivity index (χ2v) is 8.19. The first-order chi connectivity index (χ1) is 14.8. The molecule has 2 heterocycles. The first-order valence-corrected chi connectivity index (χ1v) is 10.6. The number of thiazole rings is 1. The number of carbonyl (C=O) groups is 2. The number of aliphatic imine (C=N–C) groups is 1. The lowest BCUT2D eigenvalue weighted by Gasteiger charge is -2.22. The molecular weight excluding hydrogens is 410 g/mol. The van der Waals surface area contributed by atoms with Crippen LogP contribution in [0.3, 0.4) is 0 Å². The van der Waals surface area contributed by atoms with E-state index < -0.39 is 5.97 Å². The molecule has 3 aromatic rings. The second kappa shape index (κ2) is 8.28. The van der Waals surface area contributed by atoms with Crippen molar-refractivity contribution in [1.29, 1.82) is 0 Å². The molecule has 0 atom stereocenters. The predicted octanol–water partition coefficient (Wildman–Crippen LogP) is 5.10. The Morgan fingerprint density at radius 3 is 2.48 bits per heavy atom. The molecule has 2 aromatic carbocycles. The number of hydrogen-bond donors (Lipinski definition) is 0. The van der Waals surface area contributed by atoms with E-state index in [4.69, 9.17) is 4.74 Å². The zero-order valence-electron chi connectivity index (χ0n) is 17.7. The number of ether oxygens (including phenoxy) is 1. The van der Waals surface area contributed by atoms with Crippen LogP contribution in [-0.4, -0.2) is 22.8 Å². The number of esters is 1. The van der Waals surface area contributed by atoms with Gasteiger partial charge in [-0.3, -0.25) is 9.69 Å². The van der Waals surface area contributed by atoms with Gasteiger partial charge in [0.1, 0.15) is 0 Å². The largest absolute Gasteiger partial charge is 0.402 e. The number of hydrogen-bond acceptors (Lipinski definition) is 6. The third kappa shape index (κ3) is 4.18. The molecule has 4 rings (SSSR count). The highest BCUT2D eigenvalue weighted by atomic mass is 32.1. The van der Waals surface area contributed by atoms with Gasteiger partial charge in [-0.25, -0.2) is 14.8 Å². The van der Waals surface area contributed by atoms with Crippen molar-refractivity contribution in [3.63, 3.8) is 0 Å². The summed E-state index contributed by atoms with van der Waals surface area (Å²) in [6.45, 7) is 7.40. The summed E-state index contributed by atoms with van der Waals surface area (Å²) in [5, 5.41) is 2.32. The summed E-state index contributed by atoms with van der Waals surface area (Å²) < 4.78 is 5.33. The molecule has 156 valence electrons. The Bertz CT molecular complexity index is 1240. The molecule has 0 N–H and O–H groups in total. The number of para-hydroxylation sites is 1. The number of cyclic esters (lactones) is 1. The van der Waals surface area contributed by atoms with Crippen LogP contribution in [-0.2, 0) is 14.3 Å². The number of aryl methyl sites for hydroxylation is 3. The lowest BCUT2D eigenvalue weighted by atomic mass is 10.1.